The summed E-state index contributed by atoms with van der Waals surface area (Å²) in [4.78, 5) is 14.9. The molecule has 122 valence electrons. The molecule has 0 saturated heterocycles. The minimum absolute atomic E-state index is 0.0262. The molecule has 1 amide bonds. The van der Waals surface area contributed by atoms with Crippen LogP contribution in [-0.2, 0) is 11.3 Å². The molecule has 23 heavy (non-hydrogen) atoms. The Morgan fingerprint density at radius 1 is 1.17 bits per heavy atom. The van der Waals surface area contributed by atoms with E-state index >= 15 is 0 Å². The third kappa shape index (κ3) is 3.30. The molecule has 0 bridgehead atoms. The maximum Gasteiger partial charge on any atom is 0.223 e. The van der Waals surface area contributed by atoms with Crippen LogP contribution in [0.15, 0.2) is 42.6 Å². The van der Waals surface area contributed by atoms with Crippen molar-refractivity contribution >= 4 is 17.5 Å². The highest BCUT2D eigenvalue weighted by atomic mass is 35.5. The maximum atomic E-state index is 12.9. The van der Waals surface area contributed by atoms with E-state index in [9.17, 15) is 4.79 Å². The van der Waals surface area contributed by atoms with Crippen LogP contribution >= 0.6 is 11.6 Å². The van der Waals surface area contributed by atoms with Gasteiger partial charge in [0, 0.05) is 36.4 Å². The van der Waals surface area contributed by atoms with Crippen molar-refractivity contribution in [3.05, 3.63) is 58.9 Å². The lowest BCUT2D eigenvalue weighted by Gasteiger charge is -2.39. The van der Waals surface area contributed by atoms with Gasteiger partial charge in [-0.3, -0.25) is 4.79 Å². The van der Waals surface area contributed by atoms with Gasteiger partial charge in [0.2, 0.25) is 5.91 Å². The Kier molecular flexibility index (Phi) is 4.24. The van der Waals surface area contributed by atoms with Gasteiger partial charge in [-0.15, -0.1) is 0 Å². The summed E-state index contributed by atoms with van der Waals surface area (Å²) in [6, 6.07) is 11.8. The minimum Gasteiger partial charge on any atom is -0.348 e. The first-order valence-corrected chi connectivity index (χ1v) is 8.43. The fourth-order valence-corrected chi connectivity index (χ4v) is 3.47. The summed E-state index contributed by atoms with van der Waals surface area (Å²) in [5.41, 5.74) is 2.10. The van der Waals surface area contributed by atoms with E-state index < -0.39 is 0 Å². The fourth-order valence-electron chi connectivity index (χ4n) is 3.23. The Morgan fingerprint density at radius 3 is 2.61 bits per heavy atom. The van der Waals surface area contributed by atoms with E-state index in [4.69, 9.17) is 11.6 Å². The summed E-state index contributed by atoms with van der Waals surface area (Å²) >= 11 is 6.45. The topological polar surface area (TPSA) is 25.2 Å². The van der Waals surface area contributed by atoms with E-state index in [1.54, 1.807) is 0 Å². The number of carbonyl (C=O) groups excluding carboxylic acids is 1. The lowest BCUT2D eigenvalue weighted by atomic mass is 9.90. The van der Waals surface area contributed by atoms with E-state index in [1.807, 2.05) is 35.2 Å². The van der Waals surface area contributed by atoms with Crippen molar-refractivity contribution in [1.29, 1.82) is 0 Å². The molecule has 0 aliphatic carbocycles. The number of carbonyl (C=O) groups is 1. The number of fused-ring (bicyclic) bond motifs is 1. The zero-order valence-corrected chi connectivity index (χ0v) is 14.7. The third-order valence-electron chi connectivity index (χ3n) is 4.24. The van der Waals surface area contributed by atoms with Gasteiger partial charge in [-0.05, 0) is 29.2 Å². The number of halogens is 1. The average molecular weight is 331 g/mol. The van der Waals surface area contributed by atoms with E-state index in [0.29, 0.717) is 18.0 Å². The first-order valence-electron chi connectivity index (χ1n) is 8.06. The van der Waals surface area contributed by atoms with Gasteiger partial charge in [0.25, 0.3) is 0 Å². The van der Waals surface area contributed by atoms with Gasteiger partial charge in [0.05, 0.1) is 6.04 Å². The Hall–Kier alpha value is -1.74. The molecule has 3 rings (SSSR count). The van der Waals surface area contributed by atoms with E-state index in [1.165, 1.54) is 0 Å². The number of nitrogens with zero attached hydrogens (tertiary/aromatic N) is 2. The SMILES string of the molecule is CC(C)(C)CC(=O)N1CCn2cccc2C1c1ccccc1Cl. The Morgan fingerprint density at radius 2 is 1.91 bits per heavy atom. The van der Waals surface area contributed by atoms with Crippen molar-refractivity contribution in [2.24, 2.45) is 5.41 Å². The van der Waals surface area contributed by atoms with Crippen LogP contribution in [0, 0.1) is 5.41 Å². The number of hydrogen-bond donors (Lipinski definition) is 0. The molecular weight excluding hydrogens is 308 g/mol. The number of hydrogen-bond acceptors (Lipinski definition) is 1. The van der Waals surface area contributed by atoms with Crippen LogP contribution in [0.25, 0.3) is 0 Å². The second-order valence-electron chi connectivity index (χ2n) is 7.38. The number of aromatic nitrogens is 1. The predicted molar refractivity (Wildman–Crippen MR) is 93.5 cm³/mol. The third-order valence-corrected chi connectivity index (χ3v) is 4.58. The van der Waals surface area contributed by atoms with Crippen LogP contribution in [0.3, 0.4) is 0 Å². The highest BCUT2D eigenvalue weighted by Crippen LogP contribution is 2.37. The zero-order chi connectivity index (χ0) is 16.6. The maximum absolute atomic E-state index is 12.9. The standard InChI is InChI=1S/C19H23ClN2O/c1-19(2,3)13-17(23)22-12-11-21-10-6-9-16(21)18(22)14-7-4-5-8-15(14)20/h4-10,18H,11-13H2,1-3H3. The summed E-state index contributed by atoms with van der Waals surface area (Å²) in [5.74, 6) is 0.190. The summed E-state index contributed by atoms with van der Waals surface area (Å²) in [6.07, 6.45) is 2.61. The summed E-state index contributed by atoms with van der Waals surface area (Å²) in [7, 11) is 0. The molecule has 1 aromatic carbocycles. The van der Waals surface area contributed by atoms with E-state index in [-0.39, 0.29) is 17.4 Å². The summed E-state index contributed by atoms with van der Waals surface area (Å²) in [6.45, 7) is 7.85. The van der Waals surface area contributed by atoms with Gasteiger partial charge < -0.3 is 9.47 Å². The molecule has 0 spiro atoms. The summed E-state index contributed by atoms with van der Waals surface area (Å²) < 4.78 is 2.22. The van der Waals surface area contributed by atoms with Crippen LogP contribution in [0.4, 0.5) is 0 Å². The Labute approximate surface area is 142 Å². The highest BCUT2D eigenvalue weighted by Gasteiger charge is 2.34. The van der Waals surface area contributed by atoms with Crippen LogP contribution in [0.5, 0.6) is 0 Å². The summed E-state index contributed by atoms with van der Waals surface area (Å²) in [5, 5.41) is 0.709. The second-order valence-corrected chi connectivity index (χ2v) is 7.78. The van der Waals surface area contributed by atoms with Crippen LogP contribution < -0.4 is 0 Å². The van der Waals surface area contributed by atoms with Gasteiger partial charge in [0.15, 0.2) is 0 Å². The molecule has 1 atom stereocenters. The van der Waals surface area contributed by atoms with Gasteiger partial charge in [-0.2, -0.15) is 0 Å². The van der Waals surface area contributed by atoms with E-state index in [0.717, 1.165) is 17.8 Å². The molecule has 0 N–H and O–H groups in total. The lowest BCUT2D eigenvalue weighted by Crippen LogP contribution is -2.43. The molecule has 1 aromatic heterocycles. The van der Waals surface area contributed by atoms with Crippen LogP contribution in [-0.4, -0.2) is 21.9 Å². The normalized spacial score (nSPS) is 17.9. The Balaban J connectivity index is 2.02. The fraction of sp³-hybridized carbons (Fsp3) is 0.421. The molecule has 4 heteroatoms. The predicted octanol–water partition coefficient (Wildman–Crippen LogP) is 4.51. The van der Waals surface area contributed by atoms with Crippen molar-refractivity contribution in [3.8, 4) is 0 Å². The molecular formula is C19H23ClN2O. The molecule has 2 aromatic rings. The van der Waals surface area contributed by atoms with Crippen molar-refractivity contribution in [3.63, 3.8) is 0 Å². The zero-order valence-electron chi connectivity index (χ0n) is 13.9. The molecule has 1 aliphatic heterocycles. The van der Waals surface area contributed by atoms with E-state index in [2.05, 4.69) is 37.6 Å². The van der Waals surface area contributed by atoms with Gasteiger partial charge in [-0.25, -0.2) is 0 Å². The van der Waals surface area contributed by atoms with Crippen molar-refractivity contribution < 1.29 is 4.79 Å². The van der Waals surface area contributed by atoms with Gasteiger partial charge in [-0.1, -0.05) is 50.6 Å². The molecule has 3 nitrogen and oxygen atoms in total. The molecule has 2 heterocycles. The first kappa shape index (κ1) is 16.1. The van der Waals surface area contributed by atoms with Gasteiger partial charge in [0.1, 0.15) is 0 Å². The average Bonchev–Trinajstić information content (AvgIpc) is 2.93. The van der Waals surface area contributed by atoms with Gasteiger partial charge >= 0.3 is 0 Å². The Bertz CT molecular complexity index is 714. The second kappa shape index (κ2) is 6.04. The highest BCUT2D eigenvalue weighted by molar-refractivity contribution is 6.31. The molecule has 0 fully saturated rings. The molecule has 0 saturated carbocycles. The molecule has 1 unspecified atom stereocenters. The van der Waals surface area contributed by atoms with Crippen molar-refractivity contribution in [2.75, 3.05) is 6.54 Å². The quantitative estimate of drug-likeness (QED) is 0.795. The smallest absolute Gasteiger partial charge is 0.223 e. The lowest BCUT2D eigenvalue weighted by molar-refractivity contribution is -0.135. The number of amides is 1. The largest absolute Gasteiger partial charge is 0.348 e. The number of rotatable bonds is 2. The van der Waals surface area contributed by atoms with Crippen LogP contribution in [0.2, 0.25) is 5.02 Å². The van der Waals surface area contributed by atoms with Crippen molar-refractivity contribution in [2.45, 2.75) is 39.8 Å². The molecule has 0 radical (unpaired) electrons. The molecule has 1 aliphatic rings. The monoisotopic (exact) mass is 330 g/mol. The van der Waals surface area contributed by atoms with Crippen LogP contribution in [0.1, 0.15) is 44.5 Å². The van der Waals surface area contributed by atoms with Crippen molar-refractivity contribution in [1.82, 2.24) is 9.47 Å². The first-order chi connectivity index (χ1) is 10.9. The number of benzene rings is 1. The minimum atomic E-state index is -0.109.